The minimum Gasteiger partial charge on any atom is -0.445 e. The summed E-state index contributed by atoms with van der Waals surface area (Å²) in [6, 6.07) is 15.2. The largest absolute Gasteiger partial charge is 0.445 e. The highest BCUT2D eigenvalue weighted by atomic mass is 28.4. The van der Waals surface area contributed by atoms with Crippen molar-refractivity contribution < 1.29 is 18.3 Å². The Kier molecular flexibility index (Phi) is 8.18. The molecule has 2 aromatic rings. The van der Waals surface area contributed by atoms with Gasteiger partial charge in [-0.3, -0.25) is 0 Å². The predicted octanol–water partition coefficient (Wildman–Crippen LogP) is 6.20. The molecule has 33 heavy (non-hydrogen) atoms. The number of anilines is 1. The van der Waals surface area contributed by atoms with Crippen LogP contribution in [0.4, 0.5) is 14.9 Å². The van der Waals surface area contributed by atoms with Gasteiger partial charge in [0.25, 0.3) is 0 Å². The van der Waals surface area contributed by atoms with Gasteiger partial charge in [0.2, 0.25) is 0 Å². The van der Waals surface area contributed by atoms with E-state index >= 15 is 4.39 Å². The highest BCUT2D eigenvalue weighted by Gasteiger charge is 2.37. The number of hydrogen-bond acceptors (Lipinski definition) is 4. The van der Waals surface area contributed by atoms with E-state index in [9.17, 15) is 4.79 Å². The minimum absolute atomic E-state index is 0.0739. The molecule has 0 N–H and O–H groups in total. The summed E-state index contributed by atoms with van der Waals surface area (Å²) in [6.45, 7) is 13.8. The lowest BCUT2D eigenvalue weighted by Crippen LogP contribution is -2.40. The van der Waals surface area contributed by atoms with E-state index in [1.165, 1.54) is 0 Å². The van der Waals surface area contributed by atoms with Crippen LogP contribution in [0.15, 0.2) is 48.5 Å². The van der Waals surface area contributed by atoms with Gasteiger partial charge in [0.1, 0.15) is 6.61 Å². The van der Waals surface area contributed by atoms with E-state index in [2.05, 4.69) is 33.9 Å². The van der Waals surface area contributed by atoms with E-state index in [4.69, 9.17) is 9.16 Å². The number of halogens is 1. The molecule has 1 amide bonds. The lowest BCUT2D eigenvalue weighted by Gasteiger charge is -2.36. The van der Waals surface area contributed by atoms with Crippen molar-refractivity contribution in [2.75, 3.05) is 31.1 Å². The van der Waals surface area contributed by atoms with Gasteiger partial charge in [-0.1, -0.05) is 63.2 Å². The van der Waals surface area contributed by atoms with E-state index in [1.807, 2.05) is 47.4 Å². The van der Waals surface area contributed by atoms with Gasteiger partial charge < -0.3 is 19.0 Å². The lowest BCUT2D eigenvalue weighted by molar-refractivity contribution is 0.0986. The van der Waals surface area contributed by atoms with Crippen LogP contribution in [0.1, 0.15) is 38.3 Å². The summed E-state index contributed by atoms with van der Waals surface area (Å²) in [6.07, 6.45) is 0.433. The number of carbonyl (C=O) groups excluding carboxylic acids is 1. The molecule has 0 atom stereocenters. The maximum Gasteiger partial charge on any atom is 0.410 e. The van der Waals surface area contributed by atoms with E-state index in [0.29, 0.717) is 37.4 Å². The lowest BCUT2D eigenvalue weighted by atomic mass is 10.1. The highest BCUT2D eigenvalue weighted by Crippen LogP contribution is 2.37. The summed E-state index contributed by atoms with van der Waals surface area (Å²) in [5.74, 6) is -0.226. The maximum atomic E-state index is 15.4. The molecule has 1 saturated heterocycles. The molecule has 7 heteroatoms. The van der Waals surface area contributed by atoms with Crippen molar-refractivity contribution in [1.29, 1.82) is 0 Å². The topological polar surface area (TPSA) is 42.0 Å². The van der Waals surface area contributed by atoms with Crippen LogP contribution in [0.3, 0.4) is 0 Å². The molecular weight excluding hydrogens is 435 g/mol. The highest BCUT2D eigenvalue weighted by molar-refractivity contribution is 6.74. The van der Waals surface area contributed by atoms with E-state index in [0.717, 1.165) is 12.0 Å². The van der Waals surface area contributed by atoms with Crippen LogP contribution in [0.25, 0.3) is 0 Å². The Labute approximate surface area is 198 Å². The van der Waals surface area contributed by atoms with Gasteiger partial charge in [-0.25, -0.2) is 9.18 Å². The molecule has 1 aliphatic heterocycles. The molecule has 2 aromatic carbocycles. The molecule has 1 aliphatic rings. The van der Waals surface area contributed by atoms with Crippen molar-refractivity contribution in [2.24, 2.45) is 0 Å². The van der Waals surface area contributed by atoms with Crippen molar-refractivity contribution in [3.05, 3.63) is 65.5 Å². The number of ether oxygens (including phenoxy) is 1. The molecule has 180 valence electrons. The van der Waals surface area contributed by atoms with Gasteiger partial charge in [-0.15, -0.1) is 0 Å². The SMILES string of the molecule is CC(C)(C)[Si](C)(C)OCc1cccc(N2CCCN(C(=O)OCc3ccccc3)CC2)c1F. The fraction of sp³-hybridized carbons (Fsp3) is 0.500. The van der Waals surface area contributed by atoms with Gasteiger partial charge in [0.05, 0.1) is 12.3 Å². The monoisotopic (exact) mass is 472 g/mol. The van der Waals surface area contributed by atoms with Crippen molar-refractivity contribution in [3.8, 4) is 0 Å². The molecule has 5 nitrogen and oxygen atoms in total. The molecule has 3 rings (SSSR count). The van der Waals surface area contributed by atoms with Crippen LogP contribution in [0.5, 0.6) is 0 Å². The Morgan fingerprint density at radius 3 is 2.39 bits per heavy atom. The zero-order chi connectivity index (χ0) is 24.1. The molecule has 0 unspecified atom stereocenters. The molecule has 1 heterocycles. The van der Waals surface area contributed by atoms with E-state index in [-0.39, 0.29) is 30.2 Å². The summed E-state index contributed by atoms with van der Waals surface area (Å²) < 4.78 is 27.1. The summed E-state index contributed by atoms with van der Waals surface area (Å²) in [7, 11) is -1.97. The van der Waals surface area contributed by atoms with Crippen LogP contribution in [-0.4, -0.2) is 45.5 Å². The van der Waals surface area contributed by atoms with E-state index in [1.54, 1.807) is 11.0 Å². The quantitative estimate of drug-likeness (QED) is 0.470. The number of amides is 1. The fourth-order valence-electron chi connectivity index (χ4n) is 3.55. The Morgan fingerprint density at radius 1 is 0.970 bits per heavy atom. The number of rotatable bonds is 6. The van der Waals surface area contributed by atoms with Crippen LogP contribution in [0.2, 0.25) is 18.1 Å². The average Bonchev–Trinajstić information content (AvgIpc) is 3.03. The molecule has 0 spiro atoms. The predicted molar refractivity (Wildman–Crippen MR) is 133 cm³/mol. The van der Waals surface area contributed by atoms with Gasteiger partial charge in [0.15, 0.2) is 14.1 Å². The Morgan fingerprint density at radius 2 is 1.70 bits per heavy atom. The molecule has 0 radical (unpaired) electrons. The van der Waals surface area contributed by atoms with Crippen molar-refractivity contribution >= 4 is 20.1 Å². The first-order chi connectivity index (χ1) is 15.6. The second-order valence-corrected chi connectivity index (χ2v) is 15.0. The first-order valence-corrected chi connectivity index (χ1v) is 14.6. The number of nitrogens with zero attached hydrogens (tertiary/aromatic N) is 2. The first kappa shape index (κ1) is 25.2. The molecule has 1 fully saturated rings. The number of benzene rings is 2. The zero-order valence-corrected chi connectivity index (χ0v) is 21.6. The third-order valence-corrected chi connectivity index (χ3v) is 11.2. The summed E-state index contributed by atoms with van der Waals surface area (Å²) >= 11 is 0. The second-order valence-electron chi connectivity index (χ2n) is 10.2. The van der Waals surface area contributed by atoms with Gasteiger partial charge in [-0.2, -0.15) is 0 Å². The van der Waals surface area contributed by atoms with Crippen molar-refractivity contribution in [1.82, 2.24) is 4.90 Å². The van der Waals surface area contributed by atoms with Crippen LogP contribution in [-0.2, 0) is 22.4 Å². The Balaban J connectivity index is 1.60. The zero-order valence-electron chi connectivity index (χ0n) is 20.6. The van der Waals surface area contributed by atoms with Crippen LogP contribution in [0, 0.1) is 5.82 Å². The number of hydrogen-bond donors (Lipinski definition) is 0. The third kappa shape index (κ3) is 6.57. The summed E-state index contributed by atoms with van der Waals surface area (Å²) in [4.78, 5) is 16.3. The van der Waals surface area contributed by atoms with Gasteiger partial charge in [0, 0.05) is 31.7 Å². The van der Waals surface area contributed by atoms with Crippen LogP contribution >= 0.6 is 0 Å². The fourth-order valence-corrected chi connectivity index (χ4v) is 4.50. The second kappa shape index (κ2) is 10.7. The third-order valence-electron chi connectivity index (χ3n) is 6.75. The van der Waals surface area contributed by atoms with Gasteiger partial charge >= 0.3 is 6.09 Å². The van der Waals surface area contributed by atoms with Gasteiger partial charge in [-0.05, 0) is 36.2 Å². The summed E-state index contributed by atoms with van der Waals surface area (Å²) in [5, 5.41) is 0.0739. The maximum absolute atomic E-state index is 15.4. The van der Waals surface area contributed by atoms with E-state index < -0.39 is 8.32 Å². The molecule has 0 aliphatic carbocycles. The minimum atomic E-state index is -1.97. The van der Waals surface area contributed by atoms with Crippen molar-refractivity contribution in [2.45, 2.75) is 58.5 Å². The Hall–Kier alpha value is -2.38. The van der Waals surface area contributed by atoms with Crippen molar-refractivity contribution in [3.63, 3.8) is 0 Å². The summed E-state index contributed by atoms with van der Waals surface area (Å²) in [5.41, 5.74) is 2.12. The molecule has 0 saturated carbocycles. The molecular formula is C26H37FN2O3Si. The average molecular weight is 473 g/mol. The normalized spacial score (nSPS) is 15.3. The molecule has 0 bridgehead atoms. The smallest absolute Gasteiger partial charge is 0.410 e. The number of carbonyl (C=O) groups is 1. The molecule has 0 aromatic heterocycles. The first-order valence-electron chi connectivity index (χ1n) is 11.7. The Bertz CT molecular complexity index is 931. The standard InChI is InChI=1S/C26H37FN2O3Si/c1-26(2,3)33(4,5)32-20-22-13-9-14-23(24(22)27)28-15-10-16-29(18-17-28)25(30)31-19-21-11-7-6-8-12-21/h6-9,11-14H,10,15-20H2,1-5H3. The van der Waals surface area contributed by atoms with Crippen LogP contribution < -0.4 is 4.90 Å².